The average molecular weight is 323 g/mol. The summed E-state index contributed by atoms with van der Waals surface area (Å²) in [6.07, 6.45) is 5.24. The van der Waals surface area contributed by atoms with E-state index in [1.54, 1.807) is 6.07 Å². The highest BCUT2D eigenvalue weighted by Gasteiger charge is 2.28. The highest BCUT2D eigenvalue weighted by Crippen LogP contribution is 2.22. The Morgan fingerprint density at radius 1 is 1.23 bits per heavy atom. The summed E-state index contributed by atoms with van der Waals surface area (Å²) in [5.74, 6) is 2.17. The van der Waals surface area contributed by atoms with Crippen LogP contribution in [0.1, 0.15) is 5.56 Å². The molecule has 0 radical (unpaired) electrons. The van der Waals surface area contributed by atoms with Crippen molar-refractivity contribution in [2.24, 2.45) is 0 Å². The summed E-state index contributed by atoms with van der Waals surface area (Å²) in [6.45, 7) is 2.34. The second-order valence-corrected chi connectivity index (χ2v) is 6.99. The number of para-hydroxylation sites is 1. The fraction of sp³-hybridized carbons (Fsp3) is 0.429. The van der Waals surface area contributed by atoms with E-state index in [4.69, 9.17) is 6.42 Å². The second-order valence-electron chi connectivity index (χ2n) is 5.02. The maximum Gasteiger partial charge on any atom is 0.273 e. The molecule has 1 aromatic carbocycles. The zero-order valence-corrected chi connectivity index (χ0v) is 12.8. The molecule has 1 fully saturated rings. The van der Waals surface area contributed by atoms with Crippen molar-refractivity contribution in [2.75, 3.05) is 32.7 Å². The van der Waals surface area contributed by atoms with Crippen molar-refractivity contribution >= 4 is 15.7 Å². The van der Waals surface area contributed by atoms with Gasteiger partial charge < -0.3 is 0 Å². The summed E-state index contributed by atoms with van der Waals surface area (Å²) in [7, 11) is -3.58. The molecule has 1 aromatic rings. The first-order valence-electron chi connectivity index (χ1n) is 6.80. The average Bonchev–Trinajstić information content (AvgIpc) is 2.48. The monoisotopic (exact) mass is 323 g/mol. The molecule has 0 amide bonds. The van der Waals surface area contributed by atoms with Crippen LogP contribution in [0.5, 0.6) is 0 Å². The number of hydrogen-bond acceptors (Lipinski definition) is 5. The van der Waals surface area contributed by atoms with E-state index in [1.807, 2.05) is 4.90 Å². The molecule has 0 spiro atoms. The Labute approximate surface area is 129 Å². The molecule has 0 N–H and O–H groups in total. The van der Waals surface area contributed by atoms with Crippen LogP contribution in [0.4, 0.5) is 5.69 Å². The maximum atomic E-state index is 12.4. The van der Waals surface area contributed by atoms with Gasteiger partial charge in [-0.1, -0.05) is 24.1 Å². The minimum Gasteiger partial charge on any atom is -0.290 e. The smallest absolute Gasteiger partial charge is 0.273 e. The summed E-state index contributed by atoms with van der Waals surface area (Å²) >= 11 is 0. The van der Waals surface area contributed by atoms with E-state index in [2.05, 4.69) is 5.92 Å². The van der Waals surface area contributed by atoms with E-state index >= 15 is 0 Å². The molecule has 0 saturated carbocycles. The minimum atomic E-state index is -3.58. The Morgan fingerprint density at radius 2 is 1.86 bits per heavy atom. The van der Waals surface area contributed by atoms with Crippen LogP contribution in [-0.2, 0) is 15.8 Å². The molecule has 22 heavy (non-hydrogen) atoms. The third-order valence-electron chi connectivity index (χ3n) is 3.57. The number of benzene rings is 1. The zero-order chi connectivity index (χ0) is 16.2. The van der Waals surface area contributed by atoms with Crippen LogP contribution in [0.15, 0.2) is 24.3 Å². The molecule has 7 nitrogen and oxygen atoms in total. The van der Waals surface area contributed by atoms with Crippen molar-refractivity contribution in [3.8, 4) is 12.3 Å². The standard InChI is InChI=1S/C14H17N3O4S/c1-2-7-15-8-10-16(11-9-15)22(20,21)12-13-5-3-4-6-14(13)17(18)19/h1,3-6H,7-12H2. The number of hydrogen-bond donors (Lipinski definition) is 0. The molecule has 0 aliphatic carbocycles. The Balaban J connectivity index is 2.10. The molecule has 2 rings (SSSR count). The third-order valence-corrected chi connectivity index (χ3v) is 5.39. The van der Waals surface area contributed by atoms with Gasteiger partial charge in [0.15, 0.2) is 0 Å². The Hall–Kier alpha value is -1.95. The lowest BCUT2D eigenvalue weighted by molar-refractivity contribution is -0.385. The number of sulfonamides is 1. The molecule has 1 aliphatic rings. The fourth-order valence-corrected chi connectivity index (χ4v) is 3.93. The van der Waals surface area contributed by atoms with Crippen molar-refractivity contribution in [3.63, 3.8) is 0 Å². The number of nitro benzene ring substituents is 1. The number of rotatable bonds is 5. The Bertz CT molecular complexity index is 688. The first kappa shape index (κ1) is 16.4. The van der Waals surface area contributed by atoms with Crippen molar-refractivity contribution in [1.82, 2.24) is 9.21 Å². The van der Waals surface area contributed by atoms with E-state index in [0.29, 0.717) is 32.7 Å². The van der Waals surface area contributed by atoms with Crippen LogP contribution in [-0.4, -0.2) is 55.3 Å². The van der Waals surface area contributed by atoms with Crippen LogP contribution in [0.25, 0.3) is 0 Å². The van der Waals surface area contributed by atoms with Gasteiger partial charge in [0, 0.05) is 37.8 Å². The molecule has 8 heteroatoms. The molecule has 0 aromatic heterocycles. The van der Waals surface area contributed by atoms with E-state index in [0.717, 1.165) is 0 Å². The number of nitrogens with zero attached hydrogens (tertiary/aromatic N) is 3. The van der Waals surface area contributed by atoms with Gasteiger partial charge in [0.25, 0.3) is 5.69 Å². The molecular formula is C14H17N3O4S. The quantitative estimate of drug-likeness (QED) is 0.452. The lowest BCUT2D eigenvalue weighted by atomic mass is 10.2. The molecule has 1 heterocycles. The van der Waals surface area contributed by atoms with Crippen molar-refractivity contribution < 1.29 is 13.3 Å². The predicted molar refractivity (Wildman–Crippen MR) is 82.6 cm³/mol. The molecule has 1 saturated heterocycles. The molecular weight excluding hydrogens is 306 g/mol. The molecule has 0 bridgehead atoms. The van der Waals surface area contributed by atoms with Gasteiger partial charge in [-0.25, -0.2) is 8.42 Å². The summed E-state index contributed by atoms with van der Waals surface area (Å²) in [6, 6.07) is 5.91. The topological polar surface area (TPSA) is 83.8 Å². The Morgan fingerprint density at radius 3 is 2.45 bits per heavy atom. The van der Waals surface area contributed by atoms with Gasteiger partial charge >= 0.3 is 0 Å². The van der Waals surface area contributed by atoms with Gasteiger partial charge in [-0.3, -0.25) is 15.0 Å². The van der Waals surface area contributed by atoms with Crippen LogP contribution in [0.3, 0.4) is 0 Å². The SMILES string of the molecule is C#CCN1CCN(S(=O)(=O)Cc2ccccc2[N+](=O)[O-])CC1. The molecule has 1 aliphatic heterocycles. The van der Waals surface area contributed by atoms with Gasteiger partial charge in [-0.05, 0) is 0 Å². The normalized spacial score (nSPS) is 17.0. The van der Waals surface area contributed by atoms with Gasteiger partial charge in [0.2, 0.25) is 10.0 Å². The second kappa shape index (κ2) is 6.87. The number of piperazine rings is 1. The zero-order valence-electron chi connectivity index (χ0n) is 12.0. The van der Waals surface area contributed by atoms with Crippen LogP contribution in [0.2, 0.25) is 0 Å². The lowest BCUT2D eigenvalue weighted by Gasteiger charge is -2.32. The maximum absolute atomic E-state index is 12.4. The Kier molecular flexibility index (Phi) is 5.13. The summed E-state index contributed by atoms with van der Waals surface area (Å²) in [5, 5.41) is 11.0. The summed E-state index contributed by atoms with van der Waals surface area (Å²) in [4.78, 5) is 12.4. The predicted octanol–water partition coefficient (Wildman–Crippen LogP) is 0.675. The van der Waals surface area contributed by atoms with Crippen LogP contribution >= 0.6 is 0 Å². The van der Waals surface area contributed by atoms with Crippen molar-refractivity contribution in [3.05, 3.63) is 39.9 Å². The molecule has 0 unspecified atom stereocenters. The van der Waals surface area contributed by atoms with Crippen LogP contribution in [0, 0.1) is 22.5 Å². The van der Waals surface area contributed by atoms with Gasteiger partial charge in [0.05, 0.1) is 17.2 Å². The van der Waals surface area contributed by atoms with E-state index < -0.39 is 14.9 Å². The largest absolute Gasteiger partial charge is 0.290 e. The molecule has 118 valence electrons. The fourth-order valence-electron chi connectivity index (χ4n) is 2.39. The van der Waals surface area contributed by atoms with Crippen molar-refractivity contribution in [2.45, 2.75) is 5.75 Å². The summed E-state index contributed by atoms with van der Waals surface area (Å²) < 4.78 is 26.2. The van der Waals surface area contributed by atoms with Gasteiger partial charge in [-0.15, -0.1) is 6.42 Å². The minimum absolute atomic E-state index is 0.169. The van der Waals surface area contributed by atoms with Gasteiger partial charge in [-0.2, -0.15) is 4.31 Å². The first-order valence-corrected chi connectivity index (χ1v) is 8.41. The van der Waals surface area contributed by atoms with Crippen molar-refractivity contribution in [1.29, 1.82) is 0 Å². The number of terminal acetylenes is 1. The van der Waals surface area contributed by atoms with Crippen LogP contribution < -0.4 is 0 Å². The summed E-state index contributed by atoms with van der Waals surface area (Å²) in [5.41, 5.74) is 0.0376. The van der Waals surface area contributed by atoms with E-state index in [1.165, 1.54) is 22.5 Å². The van der Waals surface area contributed by atoms with E-state index in [9.17, 15) is 18.5 Å². The third kappa shape index (κ3) is 3.82. The molecule has 0 atom stereocenters. The van der Waals surface area contributed by atoms with Gasteiger partial charge in [0.1, 0.15) is 0 Å². The highest BCUT2D eigenvalue weighted by atomic mass is 32.2. The lowest BCUT2D eigenvalue weighted by Crippen LogP contribution is -2.48. The first-order chi connectivity index (χ1) is 10.4. The van der Waals surface area contributed by atoms with E-state index in [-0.39, 0.29) is 17.0 Å². The highest BCUT2D eigenvalue weighted by molar-refractivity contribution is 7.88. The number of nitro groups is 1.